The van der Waals surface area contributed by atoms with Crippen molar-refractivity contribution in [2.45, 2.75) is 20.3 Å². The third-order valence-corrected chi connectivity index (χ3v) is 1.80. The van der Waals surface area contributed by atoms with E-state index < -0.39 is 0 Å². The van der Waals surface area contributed by atoms with Gasteiger partial charge in [0.1, 0.15) is 0 Å². The Labute approximate surface area is 76.2 Å². The normalized spacial score (nSPS) is 15.9. The van der Waals surface area contributed by atoms with Gasteiger partial charge in [-0.25, -0.2) is 0 Å². The van der Waals surface area contributed by atoms with E-state index in [9.17, 15) is 0 Å². The van der Waals surface area contributed by atoms with Crippen molar-refractivity contribution in [3.05, 3.63) is 11.1 Å². The molecule has 1 heterocycles. The first-order valence-electron chi connectivity index (χ1n) is 4.12. The summed E-state index contributed by atoms with van der Waals surface area (Å²) in [4.78, 5) is 4.38. The molecule has 0 aromatic carbocycles. The molecule has 0 aliphatic carbocycles. The molecule has 0 saturated heterocycles. The minimum atomic E-state index is 0.987. The summed E-state index contributed by atoms with van der Waals surface area (Å²) in [6, 6.07) is 0. The molecule has 0 aromatic rings. The van der Waals surface area contributed by atoms with Gasteiger partial charge in [0, 0.05) is 0 Å². The van der Waals surface area contributed by atoms with Crippen LogP contribution in [0.5, 0.6) is 0 Å². The van der Waals surface area contributed by atoms with Crippen LogP contribution in [0.2, 0.25) is 0 Å². The molecule has 56 valence electrons. The van der Waals surface area contributed by atoms with Crippen molar-refractivity contribution in [2.24, 2.45) is 4.99 Å². The molecule has 2 radical (unpaired) electrons. The van der Waals surface area contributed by atoms with E-state index >= 15 is 0 Å². The minimum absolute atomic E-state index is 0.987. The van der Waals surface area contributed by atoms with E-state index in [0.29, 0.717) is 0 Å². The van der Waals surface area contributed by atoms with Crippen molar-refractivity contribution in [1.82, 2.24) is 0 Å². The van der Waals surface area contributed by atoms with E-state index in [1.807, 2.05) is 19.8 Å². The average molecular weight is 153 g/mol. The molecule has 0 bridgehead atoms. The third kappa shape index (κ3) is 2.16. The van der Waals surface area contributed by atoms with Crippen LogP contribution >= 0.6 is 0 Å². The van der Waals surface area contributed by atoms with E-state index in [2.05, 4.69) is 19.2 Å². The molecule has 1 aliphatic heterocycles. The van der Waals surface area contributed by atoms with Gasteiger partial charge in [0.05, 0.1) is 0 Å². The monoisotopic (exact) mass is 153 g/mol. The molecule has 0 aromatic heterocycles. The van der Waals surface area contributed by atoms with Gasteiger partial charge in [0.25, 0.3) is 0 Å². The summed E-state index contributed by atoms with van der Waals surface area (Å²) in [6.45, 7) is 6.08. The number of aliphatic imine (C=N–C) groups is 1. The zero-order valence-corrected chi connectivity index (χ0v) is 7.54. The summed E-state index contributed by atoms with van der Waals surface area (Å²) in [6.07, 6.45) is 0.987. The van der Waals surface area contributed by atoms with Crippen LogP contribution in [-0.4, -0.2) is 39.2 Å². The molecule has 1 rings (SSSR count). The van der Waals surface area contributed by atoms with Gasteiger partial charge in [-0.2, -0.15) is 0 Å². The Morgan fingerprint density at radius 3 is 2.92 bits per heavy atom. The molecule has 4 heteroatoms. The van der Waals surface area contributed by atoms with Gasteiger partial charge in [0.15, 0.2) is 0 Å². The van der Waals surface area contributed by atoms with Crippen LogP contribution in [-0.2, 0) is 0 Å². The van der Waals surface area contributed by atoms with Crippen LogP contribution in [0.1, 0.15) is 20.3 Å². The number of hydrogen-bond donors (Lipinski definition) is 0. The number of nitrogens with zero attached hydrogens (tertiary/aromatic N) is 1. The fourth-order valence-electron chi connectivity index (χ4n) is 1.11. The van der Waals surface area contributed by atoms with Crippen LogP contribution in [0.15, 0.2) is 16.1 Å². The molecule has 0 amide bonds. The van der Waals surface area contributed by atoms with Crippen LogP contribution in [0, 0.1) is 0 Å². The molecule has 0 atom stereocenters. The van der Waals surface area contributed by atoms with E-state index in [0.717, 1.165) is 23.1 Å². The first kappa shape index (κ1) is 9.43. The molecule has 12 heavy (non-hydrogen) atoms. The van der Waals surface area contributed by atoms with Crippen LogP contribution < -0.4 is 0 Å². The Bertz CT molecular complexity index is 276. The van der Waals surface area contributed by atoms with Gasteiger partial charge in [-0.05, 0) is 0 Å². The summed E-state index contributed by atoms with van der Waals surface area (Å²) in [7, 11) is 7.33. The first-order valence-corrected chi connectivity index (χ1v) is 4.12. The Kier molecular flexibility index (Phi) is 3.45. The van der Waals surface area contributed by atoms with Gasteiger partial charge in [-0.3, -0.25) is 0 Å². The van der Waals surface area contributed by atoms with Crippen LogP contribution in [0.25, 0.3) is 0 Å². The second-order valence-corrected chi connectivity index (χ2v) is 2.69. The van der Waals surface area contributed by atoms with Crippen LogP contribution in [0.3, 0.4) is 0 Å². The predicted molar refractivity (Wildman–Crippen MR) is 59.8 cm³/mol. The molecule has 0 fully saturated rings. The maximum atomic E-state index is 5.23. The van der Waals surface area contributed by atoms with Crippen molar-refractivity contribution in [3.8, 4) is 0 Å². The summed E-state index contributed by atoms with van der Waals surface area (Å²) >= 11 is 0. The van der Waals surface area contributed by atoms with Crippen LogP contribution in [0.4, 0.5) is 0 Å². The quantitative estimate of drug-likeness (QED) is 0.512. The van der Waals surface area contributed by atoms with Gasteiger partial charge in [-0.15, -0.1) is 0 Å². The molecule has 1 nitrogen and oxygen atoms in total. The van der Waals surface area contributed by atoms with E-state index in [1.54, 1.807) is 0 Å². The Balaban J connectivity index is 2.67. The van der Waals surface area contributed by atoms with E-state index in [-0.39, 0.29) is 0 Å². The topological polar surface area (TPSA) is 12.4 Å². The van der Waals surface area contributed by atoms with E-state index in [1.165, 1.54) is 5.97 Å². The van der Waals surface area contributed by atoms with Crippen molar-refractivity contribution < 1.29 is 0 Å². The second kappa shape index (κ2) is 4.39. The molecule has 1 aliphatic rings. The molecule has 0 unspecified atom stereocenters. The zero-order chi connectivity index (χ0) is 8.97. The molecule has 0 spiro atoms. The van der Waals surface area contributed by atoms with Gasteiger partial charge < -0.3 is 0 Å². The predicted octanol–water partition coefficient (Wildman–Crippen LogP) is 0.179. The van der Waals surface area contributed by atoms with Gasteiger partial charge in [-0.1, -0.05) is 0 Å². The first-order chi connectivity index (χ1) is 5.77. The second-order valence-electron chi connectivity index (χ2n) is 2.69. The maximum absolute atomic E-state index is 5.23. The number of rotatable bonds is 3. The summed E-state index contributed by atoms with van der Waals surface area (Å²) < 4.78 is 0. The fraction of sp³-hybridized carbons (Fsp3) is 0.375. The van der Waals surface area contributed by atoms with Gasteiger partial charge in [0.2, 0.25) is 0 Å². The summed E-state index contributed by atoms with van der Waals surface area (Å²) in [5.41, 5.74) is 2.22. The zero-order valence-electron chi connectivity index (χ0n) is 7.54. The Morgan fingerprint density at radius 2 is 2.42 bits per heavy atom. The van der Waals surface area contributed by atoms with Crippen molar-refractivity contribution in [2.75, 3.05) is 0 Å². The number of allylic oxidation sites excluding steroid dienone is 1. The molecule has 0 saturated carbocycles. The van der Waals surface area contributed by atoms with Crippen molar-refractivity contribution in [3.63, 3.8) is 0 Å². The van der Waals surface area contributed by atoms with Crippen molar-refractivity contribution >= 4 is 39.2 Å². The Hall–Kier alpha value is -0.655. The average Bonchev–Trinajstić information content (AvgIpc) is 2.43. The number of hydrogen-bond acceptors (Lipinski definition) is 1. The Morgan fingerprint density at radius 1 is 1.67 bits per heavy atom. The summed E-state index contributed by atoms with van der Waals surface area (Å²) in [5, 5.41) is 1.16. The third-order valence-electron chi connectivity index (χ3n) is 1.80. The van der Waals surface area contributed by atoms with Crippen molar-refractivity contribution in [1.29, 1.82) is 0 Å². The fourth-order valence-corrected chi connectivity index (χ4v) is 1.11. The van der Waals surface area contributed by atoms with Gasteiger partial charge >= 0.3 is 75.6 Å². The summed E-state index contributed by atoms with van der Waals surface area (Å²) in [5.74, 6) is 3.35. The molecular weight excluding hydrogens is 143 g/mol. The standard InChI is InChI=1S/C8H10B3N/c1-3-7-11-8(6(2)12-7)10-5-4-9/h4-5H,3H2,1-2H3. The molecule has 0 N–H and O–H groups in total. The molecular formula is C8H10B3N. The van der Waals surface area contributed by atoms with E-state index in [4.69, 9.17) is 7.49 Å². The SMILES string of the molecule is [B]=CC=BC1=C(C)N=C(CC)[B]1.